The summed E-state index contributed by atoms with van der Waals surface area (Å²) in [6.07, 6.45) is 0.760. The molecule has 1 aliphatic heterocycles. The SMILES string of the molecule is CCC(C)NS(=O)(=O)C1CON(C)C1c1ccc(C(C)C)cc1. The Bertz CT molecular complexity index is 613. The highest BCUT2D eigenvalue weighted by atomic mass is 32.2. The molecule has 2 rings (SSSR count). The van der Waals surface area contributed by atoms with Crippen LogP contribution in [0.25, 0.3) is 0 Å². The van der Waals surface area contributed by atoms with E-state index in [1.54, 1.807) is 12.1 Å². The van der Waals surface area contributed by atoms with Gasteiger partial charge in [0.1, 0.15) is 5.25 Å². The maximum Gasteiger partial charge on any atom is 0.219 e. The van der Waals surface area contributed by atoms with Crippen LogP contribution in [0.4, 0.5) is 0 Å². The van der Waals surface area contributed by atoms with E-state index in [9.17, 15) is 8.42 Å². The van der Waals surface area contributed by atoms with Crippen LogP contribution in [0.15, 0.2) is 24.3 Å². The van der Waals surface area contributed by atoms with Crippen LogP contribution in [-0.4, -0.2) is 38.4 Å². The minimum atomic E-state index is -3.44. The van der Waals surface area contributed by atoms with E-state index in [1.165, 1.54) is 5.56 Å². The molecule has 0 saturated carbocycles. The second kappa shape index (κ2) is 7.30. The molecule has 3 atom stereocenters. The first kappa shape index (κ1) is 18.4. The summed E-state index contributed by atoms with van der Waals surface area (Å²) >= 11 is 0. The lowest BCUT2D eigenvalue weighted by molar-refractivity contribution is -0.110. The van der Waals surface area contributed by atoms with Gasteiger partial charge in [0, 0.05) is 13.1 Å². The van der Waals surface area contributed by atoms with Crippen molar-refractivity contribution in [3.63, 3.8) is 0 Å². The highest BCUT2D eigenvalue weighted by Gasteiger charge is 2.43. The molecule has 0 radical (unpaired) electrons. The Kier molecular flexibility index (Phi) is 5.84. The van der Waals surface area contributed by atoms with Gasteiger partial charge in [0.25, 0.3) is 0 Å². The van der Waals surface area contributed by atoms with E-state index in [1.807, 2.05) is 26.0 Å². The Hall–Kier alpha value is -0.950. The molecule has 0 aliphatic carbocycles. The second-order valence-electron chi connectivity index (χ2n) is 6.62. The molecule has 0 spiro atoms. The molecular weight excluding hydrogens is 312 g/mol. The Morgan fingerprint density at radius 3 is 2.39 bits per heavy atom. The van der Waals surface area contributed by atoms with Crippen LogP contribution >= 0.6 is 0 Å². The molecule has 5 nitrogen and oxygen atoms in total. The first-order valence-electron chi connectivity index (χ1n) is 8.23. The molecule has 1 heterocycles. The average molecular weight is 340 g/mol. The minimum Gasteiger partial charge on any atom is -0.297 e. The van der Waals surface area contributed by atoms with Gasteiger partial charge in [-0.3, -0.25) is 4.84 Å². The van der Waals surface area contributed by atoms with Crippen LogP contribution in [0.1, 0.15) is 57.2 Å². The Morgan fingerprint density at radius 1 is 1.26 bits per heavy atom. The third-order valence-electron chi connectivity index (χ3n) is 4.51. The summed E-state index contributed by atoms with van der Waals surface area (Å²) in [5.74, 6) is 0.452. The van der Waals surface area contributed by atoms with Gasteiger partial charge in [0.15, 0.2) is 0 Å². The van der Waals surface area contributed by atoms with Crippen molar-refractivity contribution in [2.75, 3.05) is 13.7 Å². The number of rotatable bonds is 6. The summed E-state index contributed by atoms with van der Waals surface area (Å²) in [4.78, 5) is 5.53. The van der Waals surface area contributed by atoms with Gasteiger partial charge >= 0.3 is 0 Å². The molecule has 1 fully saturated rings. The molecule has 0 amide bonds. The third-order valence-corrected chi connectivity index (χ3v) is 6.43. The highest BCUT2D eigenvalue weighted by molar-refractivity contribution is 7.90. The molecule has 130 valence electrons. The van der Waals surface area contributed by atoms with Gasteiger partial charge in [0.05, 0.1) is 12.6 Å². The van der Waals surface area contributed by atoms with Gasteiger partial charge in [-0.25, -0.2) is 13.1 Å². The van der Waals surface area contributed by atoms with Crippen molar-refractivity contribution < 1.29 is 13.3 Å². The molecule has 3 unspecified atom stereocenters. The van der Waals surface area contributed by atoms with E-state index in [0.717, 1.165) is 12.0 Å². The van der Waals surface area contributed by atoms with E-state index < -0.39 is 15.3 Å². The van der Waals surface area contributed by atoms with Crippen molar-refractivity contribution in [2.24, 2.45) is 0 Å². The maximum atomic E-state index is 12.7. The van der Waals surface area contributed by atoms with Crippen LogP contribution < -0.4 is 4.72 Å². The van der Waals surface area contributed by atoms with Crippen LogP contribution in [-0.2, 0) is 14.9 Å². The molecule has 0 aromatic heterocycles. The highest BCUT2D eigenvalue weighted by Crippen LogP contribution is 2.34. The normalized spacial score (nSPS) is 24.3. The summed E-state index contributed by atoms with van der Waals surface area (Å²) in [7, 11) is -1.65. The predicted octanol–water partition coefficient (Wildman–Crippen LogP) is 2.81. The fraction of sp³-hybridized carbons (Fsp3) is 0.647. The smallest absolute Gasteiger partial charge is 0.219 e. The zero-order chi connectivity index (χ0) is 17.2. The van der Waals surface area contributed by atoms with Crippen molar-refractivity contribution in [1.82, 2.24) is 9.79 Å². The van der Waals surface area contributed by atoms with Crippen LogP contribution in [0.3, 0.4) is 0 Å². The maximum absolute atomic E-state index is 12.7. The first-order valence-corrected chi connectivity index (χ1v) is 9.77. The van der Waals surface area contributed by atoms with Gasteiger partial charge < -0.3 is 0 Å². The molecule has 1 aromatic carbocycles. The standard InChI is InChI=1S/C17H28N2O3S/c1-6-13(4)18-23(20,21)16-11-22-19(5)17(16)15-9-7-14(8-10-15)12(2)3/h7-10,12-13,16-18H,6,11H2,1-5H3. The van der Waals surface area contributed by atoms with E-state index >= 15 is 0 Å². The van der Waals surface area contributed by atoms with Gasteiger partial charge in [-0.05, 0) is 30.4 Å². The molecule has 23 heavy (non-hydrogen) atoms. The molecule has 1 aliphatic rings. The van der Waals surface area contributed by atoms with Gasteiger partial charge in [-0.1, -0.05) is 45.0 Å². The van der Waals surface area contributed by atoms with Crippen LogP contribution in [0, 0.1) is 0 Å². The largest absolute Gasteiger partial charge is 0.297 e. The summed E-state index contributed by atoms with van der Waals surface area (Å²) < 4.78 is 28.1. The van der Waals surface area contributed by atoms with E-state index in [-0.39, 0.29) is 18.7 Å². The summed E-state index contributed by atoms with van der Waals surface area (Å²) in [5.41, 5.74) is 2.21. The van der Waals surface area contributed by atoms with Crippen LogP contribution in [0.5, 0.6) is 0 Å². The van der Waals surface area contributed by atoms with E-state index in [2.05, 4.69) is 30.7 Å². The topological polar surface area (TPSA) is 58.6 Å². The summed E-state index contributed by atoms with van der Waals surface area (Å²) in [5, 5.41) is 1.05. The van der Waals surface area contributed by atoms with Crippen molar-refractivity contribution in [3.8, 4) is 0 Å². The number of hydroxylamine groups is 2. The van der Waals surface area contributed by atoms with Crippen LogP contribution in [0.2, 0.25) is 0 Å². The average Bonchev–Trinajstić information content (AvgIpc) is 2.89. The number of nitrogens with one attached hydrogen (secondary N) is 1. The zero-order valence-electron chi connectivity index (χ0n) is 14.6. The van der Waals surface area contributed by atoms with Crippen molar-refractivity contribution in [2.45, 2.75) is 57.4 Å². The molecule has 1 N–H and O–H groups in total. The van der Waals surface area contributed by atoms with Crippen molar-refractivity contribution in [1.29, 1.82) is 0 Å². The lowest BCUT2D eigenvalue weighted by Gasteiger charge is -2.24. The number of hydrogen-bond donors (Lipinski definition) is 1. The predicted molar refractivity (Wildman–Crippen MR) is 92.6 cm³/mol. The number of nitrogens with zero attached hydrogens (tertiary/aromatic N) is 1. The quantitative estimate of drug-likeness (QED) is 0.865. The number of sulfonamides is 1. The molecule has 6 heteroatoms. The van der Waals surface area contributed by atoms with Crippen molar-refractivity contribution in [3.05, 3.63) is 35.4 Å². The number of hydrogen-bond acceptors (Lipinski definition) is 4. The first-order chi connectivity index (χ1) is 10.8. The van der Waals surface area contributed by atoms with Crippen molar-refractivity contribution >= 4 is 10.0 Å². The Labute approximate surface area is 140 Å². The summed E-state index contributed by atoms with van der Waals surface area (Å²) in [6.45, 7) is 8.31. The fourth-order valence-electron chi connectivity index (χ4n) is 2.81. The molecule has 1 saturated heterocycles. The second-order valence-corrected chi connectivity index (χ2v) is 8.55. The molecule has 1 aromatic rings. The third kappa shape index (κ3) is 4.12. The Balaban J connectivity index is 2.27. The fourth-order valence-corrected chi connectivity index (χ4v) is 4.62. The minimum absolute atomic E-state index is 0.0742. The Morgan fingerprint density at radius 2 is 1.87 bits per heavy atom. The molecule has 0 bridgehead atoms. The van der Waals surface area contributed by atoms with E-state index in [0.29, 0.717) is 5.92 Å². The van der Waals surface area contributed by atoms with Gasteiger partial charge in [-0.2, -0.15) is 5.06 Å². The zero-order valence-corrected chi connectivity index (χ0v) is 15.4. The van der Waals surface area contributed by atoms with Gasteiger partial charge in [-0.15, -0.1) is 0 Å². The monoisotopic (exact) mass is 340 g/mol. The lowest BCUT2D eigenvalue weighted by atomic mass is 9.98. The van der Waals surface area contributed by atoms with E-state index in [4.69, 9.17) is 4.84 Å². The summed E-state index contributed by atoms with van der Waals surface area (Å²) in [6, 6.07) is 7.79. The lowest BCUT2D eigenvalue weighted by Crippen LogP contribution is -2.42. The van der Waals surface area contributed by atoms with Gasteiger partial charge in [0.2, 0.25) is 10.0 Å². The molecular formula is C17H28N2O3S. The number of benzene rings is 1.